The molecule has 0 saturated heterocycles. The van der Waals surface area contributed by atoms with E-state index >= 15 is 0 Å². The molecule has 2 rings (SSSR count). The Kier molecular flexibility index (Phi) is 3.82. The average Bonchev–Trinajstić information content (AvgIpc) is 2.67. The van der Waals surface area contributed by atoms with Crippen molar-refractivity contribution in [1.29, 1.82) is 0 Å². The van der Waals surface area contributed by atoms with Gasteiger partial charge in [0.1, 0.15) is 5.82 Å². The molecule has 0 amide bonds. The van der Waals surface area contributed by atoms with Crippen LogP contribution in [-0.2, 0) is 0 Å². The second-order valence-corrected chi connectivity index (χ2v) is 4.87. The lowest BCUT2D eigenvalue weighted by atomic mass is 9.97. The van der Waals surface area contributed by atoms with Crippen LogP contribution in [0.25, 0.3) is 0 Å². The van der Waals surface area contributed by atoms with E-state index in [0.717, 1.165) is 31.4 Å². The molecule has 0 radical (unpaired) electrons. The van der Waals surface area contributed by atoms with Gasteiger partial charge in [-0.15, -0.1) is 0 Å². The van der Waals surface area contributed by atoms with E-state index in [2.05, 4.69) is 12.2 Å². The molecular weight excluding hydrogens is 225 g/mol. The summed E-state index contributed by atoms with van der Waals surface area (Å²) in [4.78, 5) is 0. The molecule has 0 bridgehead atoms. The van der Waals surface area contributed by atoms with Gasteiger partial charge in [-0.1, -0.05) is 24.6 Å². The Hall–Kier alpha value is -0.600. The third-order valence-electron chi connectivity index (χ3n) is 3.33. The van der Waals surface area contributed by atoms with Gasteiger partial charge >= 0.3 is 0 Å². The summed E-state index contributed by atoms with van der Waals surface area (Å²) < 4.78 is 13.7. The lowest BCUT2D eigenvalue weighted by Crippen LogP contribution is -2.25. The first kappa shape index (κ1) is 11.9. The summed E-state index contributed by atoms with van der Waals surface area (Å²) in [6.07, 6.45) is 3.24. The Morgan fingerprint density at radius 2 is 2.25 bits per heavy atom. The minimum Gasteiger partial charge on any atom is -0.314 e. The van der Waals surface area contributed by atoms with Gasteiger partial charge in [-0.25, -0.2) is 4.39 Å². The maximum atomic E-state index is 13.7. The normalized spacial score (nSPS) is 24.9. The predicted molar refractivity (Wildman–Crippen MR) is 65.5 cm³/mol. The van der Waals surface area contributed by atoms with Gasteiger partial charge in [0.05, 0.1) is 0 Å². The van der Waals surface area contributed by atoms with E-state index in [4.69, 9.17) is 11.6 Å². The van der Waals surface area contributed by atoms with Crippen LogP contribution in [0.1, 0.15) is 37.7 Å². The number of halogens is 2. The molecule has 88 valence electrons. The van der Waals surface area contributed by atoms with Crippen LogP contribution in [0.5, 0.6) is 0 Å². The van der Waals surface area contributed by atoms with Gasteiger partial charge in [0, 0.05) is 11.1 Å². The fraction of sp³-hybridized carbons (Fsp3) is 0.538. The molecule has 1 fully saturated rings. The van der Waals surface area contributed by atoms with Crippen LogP contribution in [0.2, 0.25) is 5.02 Å². The zero-order valence-corrected chi connectivity index (χ0v) is 10.2. The summed E-state index contributed by atoms with van der Waals surface area (Å²) >= 11 is 5.75. The van der Waals surface area contributed by atoms with E-state index in [1.54, 1.807) is 6.07 Å². The summed E-state index contributed by atoms with van der Waals surface area (Å²) in [5.41, 5.74) is 0.824. The van der Waals surface area contributed by atoms with Crippen molar-refractivity contribution in [2.75, 3.05) is 6.54 Å². The highest BCUT2D eigenvalue weighted by atomic mass is 35.5. The van der Waals surface area contributed by atoms with Crippen LogP contribution in [-0.4, -0.2) is 12.6 Å². The van der Waals surface area contributed by atoms with Crippen molar-refractivity contribution in [3.05, 3.63) is 34.6 Å². The Balaban J connectivity index is 2.08. The van der Waals surface area contributed by atoms with Crippen LogP contribution in [0.3, 0.4) is 0 Å². The summed E-state index contributed by atoms with van der Waals surface area (Å²) in [6.45, 7) is 3.09. The molecule has 2 unspecified atom stereocenters. The number of hydrogen-bond donors (Lipinski definition) is 1. The largest absolute Gasteiger partial charge is 0.314 e. The van der Waals surface area contributed by atoms with Crippen molar-refractivity contribution in [2.24, 2.45) is 0 Å². The molecule has 1 nitrogen and oxygen atoms in total. The highest BCUT2D eigenvalue weighted by Gasteiger charge is 2.26. The maximum Gasteiger partial charge on any atom is 0.128 e. The van der Waals surface area contributed by atoms with Crippen LogP contribution in [0.15, 0.2) is 18.2 Å². The van der Waals surface area contributed by atoms with E-state index in [9.17, 15) is 4.39 Å². The number of hydrogen-bond acceptors (Lipinski definition) is 1. The van der Waals surface area contributed by atoms with Crippen molar-refractivity contribution < 1.29 is 4.39 Å². The van der Waals surface area contributed by atoms with Gasteiger partial charge < -0.3 is 5.32 Å². The first-order valence-electron chi connectivity index (χ1n) is 5.89. The lowest BCUT2D eigenvalue weighted by Gasteiger charge is -2.13. The van der Waals surface area contributed by atoms with Crippen molar-refractivity contribution in [2.45, 2.75) is 38.1 Å². The second kappa shape index (κ2) is 5.15. The summed E-state index contributed by atoms with van der Waals surface area (Å²) in [6, 6.07) is 5.57. The molecule has 0 aliphatic heterocycles. The standard InChI is InChI=1S/C13H17ClFN/c1-2-16-11-5-3-9(7-11)12-6-4-10(14)8-13(12)15/h4,6,8-9,11,16H,2-3,5,7H2,1H3. The van der Waals surface area contributed by atoms with Crippen molar-refractivity contribution in [3.8, 4) is 0 Å². The average molecular weight is 242 g/mol. The third kappa shape index (κ3) is 2.55. The second-order valence-electron chi connectivity index (χ2n) is 4.43. The van der Waals surface area contributed by atoms with Crippen LogP contribution in [0, 0.1) is 5.82 Å². The minimum atomic E-state index is -0.158. The molecule has 0 aromatic heterocycles. The van der Waals surface area contributed by atoms with Crippen molar-refractivity contribution in [3.63, 3.8) is 0 Å². The van der Waals surface area contributed by atoms with E-state index in [1.165, 1.54) is 6.07 Å². The molecule has 3 heteroatoms. The number of benzene rings is 1. The molecule has 1 N–H and O–H groups in total. The highest BCUT2D eigenvalue weighted by Crippen LogP contribution is 2.36. The quantitative estimate of drug-likeness (QED) is 0.851. The maximum absolute atomic E-state index is 13.7. The fourth-order valence-corrected chi connectivity index (χ4v) is 2.73. The monoisotopic (exact) mass is 241 g/mol. The highest BCUT2D eigenvalue weighted by molar-refractivity contribution is 6.30. The Morgan fingerprint density at radius 1 is 1.44 bits per heavy atom. The molecule has 1 aliphatic rings. The molecule has 1 aromatic carbocycles. The van der Waals surface area contributed by atoms with Crippen molar-refractivity contribution in [1.82, 2.24) is 5.32 Å². The van der Waals surface area contributed by atoms with Gasteiger partial charge in [0.2, 0.25) is 0 Å². The van der Waals surface area contributed by atoms with Gasteiger partial charge in [-0.05, 0) is 49.4 Å². The van der Waals surface area contributed by atoms with Gasteiger partial charge in [-0.3, -0.25) is 0 Å². The molecule has 1 aromatic rings. The molecule has 0 spiro atoms. The van der Waals surface area contributed by atoms with Gasteiger partial charge in [0.25, 0.3) is 0 Å². The van der Waals surface area contributed by atoms with E-state index in [1.807, 2.05) is 6.07 Å². The molecule has 2 atom stereocenters. The molecule has 0 heterocycles. The van der Waals surface area contributed by atoms with Crippen LogP contribution >= 0.6 is 11.6 Å². The van der Waals surface area contributed by atoms with Crippen LogP contribution < -0.4 is 5.32 Å². The first-order valence-corrected chi connectivity index (χ1v) is 6.26. The lowest BCUT2D eigenvalue weighted by molar-refractivity contribution is 0.527. The van der Waals surface area contributed by atoms with Gasteiger partial charge in [-0.2, -0.15) is 0 Å². The van der Waals surface area contributed by atoms with Crippen molar-refractivity contribution >= 4 is 11.6 Å². The smallest absolute Gasteiger partial charge is 0.128 e. The first-order chi connectivity index (χ1) is 7.70. The minimum absolute atomic E-state index is 0.158. The van der Waals surface area contributed by atoms with E-state index in [-0.39, 0.29) is 5.82 Å². The summed E-state index contributed by atoms with van der Waals surface area (Å²) in [5, 5.41) is 3.90. The third-order valence-corrected chi connectivity index (χ3v) is 3.56. The van der Waals surface area contributed by atoms with E-state index < -0.39 is 0 Å². The Morgan fingerprint density at radius 3 is 2.94 bits per heavy atom. The molecular formula is C13H17ClFN. The Labute approximate surface area is 101 Å². The van der Waals surface area contributed by atoms with Gasteiger partial charge in [0.15, 0.2) is 0 Å². The molecule has 1 saturated carbocycles. The van der Waals surface area contributed by atoms with Crippen LogP contribution in [0.4, 0.5) is 4.39 Å². The predicted octanol–water partition coefficient (Wildman–Crippen LogP) is 3.72. The summed E-state index contributed by atoms with van der Waals surface area (Å²) in [7, 11) is 0. The Bertz CT molecular complexity index is 367. The zero-order valence-electron chi connectivity index (χ0n) is 9.47. The zero-order chi connectivity index (χ0) is 11.5. The molecule has 1 aliphatic carbocycles. The topological polar surface area (TPSA) is 12.0 Å². The SMILES string of the molecule is CCNC1CCC(c2ccc(Cl)cc2F)C1. The number of nitrogens with one attached hydrogen (secondary N) is 1. The van der Waals surface area contributed by atoms with E-state index in [0.29, 0.717) is 17.0 Å². The fourth-order valence-electron chi connectivity index (χ4n) is 2.57. The summed E-state index contributed by atoms with van der Waals surface area (Å²) in [5.74, 6) is 0.191. The molecule has 16 heavy (non-hydrogen) atoms. The number of rotatable bonds is 3.